The van der Waals surface area contributed by atoms with Gasteiger partial charge in [-0.15, -0.1) is 0 Å². The zero-order valence-corrected chi connectivity index (χ0v) is 12.8. The fraction of sp³-hybridized carbons (Fsp3) is 0.118. The summed E-state index contributed by atoms with van der Waals surface area (Å²) in [6, 6.07) is 15.4. The Hall–Kier alpha value is -2.62. The number of amides is 1. The van der Waals surface area contributed by atoms with Crippen molar-refractivity contribution in [3.05, 3.63) is 59.7 Å². The Morgan fingerprint density at radius 1 is 1.23 bits per heavy atom. The molecule has 3 rings (SSSR count). The molecule has 0 spiro atoms. The Morgan fingerprint density at radius 2 is 2.00 bits per heavy atom. The monoisotopic (exact) mass is 307 g/mol. The summed E-state index contributed by atoms with van der Waals surface area (Å²) in [5, 5.41) is 2.37. The van der Waals surface area contributed by atoms with Gasteiger partial charge in [-0.05, 0) is 30.4 Å². The molecule has 1 heterocycles. The Kier molecular flexibility index (Phi) is 3.92. The summed E-state index contributed by atoms with van der Waals surface area (Å²) >= 11 is 4.67. The molecule has 0 bridgehead atoms. The van der Waals surface area contributed by atoms with E-state index in [1.807, 2.05) is 48.5 Å². The van der Waals surface area contributed by atoms with Crippen LogP contribution >= 0.6 is 12.2 Å². The van der Waals surface area contributed by atoms with E-state index < -0.39 is 0 Å². The lowest BCUT2D eigenvalue weighted by atomic mass is 9.99. The SMILES string of the molecule is CN1C(=O)CN=C(c2ccccc2)c2cc(N=C=S)ccc21. The first-order valence-electron chi connectivity index (χ1n) is 6.79. The molecule has 0 aromatic heterocycles. The largest absolute Gasteiger partial charge is 0.313 e. The molecule has 2 aromatic rings. The molecule has 5 heteroatoms. The van der Waals surface area contributed by atoms with Gasteiger partial charge in [0.15, 0.2) is 0 Å². The van der Waals surface area contributed by atoms with Crippen molar-refractivity contribution in [2.45, 2.75) is 0 Å². The molecule has 0 fully saturated rings. The lowest BCUT2D eigenvalue weighted by Gasteiger charge is -2.18. The average Bonchev–Trinajstić information content (AvgIpc) is 2.67. The predicted octanol–water partition coefficient (Wildman–Crippen LogP) is 3.23. The molecule has 1 aliphatic heterocycles. The van der Waals surface area contributed by atoms with E-state index in [0.29, 0.717) is 5.69 Å². The predicted molar refractivity (Wildman–Crippen MR) is 91.5 cm³/mol. The second-order valence-corrected chi connectivity index (χ2v) is 5.07. The highest BCUT2D eigenvalue weighted by Crippen LogP contribution is 2.29. The van der Waals surface area contributed by atoms with Crippen molar-refractivity contribution >= 4 is 40.4 Å². The summed E-state index contributed by atoms with van der Waals surface area (Å²) in [5.41, 5.74) is 4.13. The summed E-state index contributed by atoms with van der Waals surface area (Å²) in [7, 11) is 1.76. The smallest absolute Gasteiger partial charge is 0.248 e. The van der Waals surface area contributed by atoms with E-state index in [9.17, 15) is 4.79 Å². The quantitative estimate of drug-likeness (QED) is 0.631. The van der Waals surface area contributed by atoms with E-state index in [-0.39, 0.29) is 12.5 Å². The van der Waals surface area contributed by atoms with Crippen LogP contribution in [0.4, 0.5) is 11.4 Å². The second kappa shape index (κ2) is 6.02. The Bertz CT molecular complexity index is 808. The number of aliphatic imine (C=N–C) groups is 2. The number of fused-ring (bicyclic) bond motifs is 1. The molecule has 0 radical (unpaired) electrons. The second-order valence-electron chi connectivity index (χ2n) is 4.89. The van der Waals surface area contributed by atoms with E-state index in [0.717, 1.165) is 22.5 Å². The van der Waals surface area contributed by atoms with Crippen LogP contribution in [0.25, 0.3) is 0 Å². The van der Waals surface area contributed by atoms with Crippen molar-refractivity contribution in [2.24, 2.45) is 9.98 Å². The first kappa shape index (κ1) is 14.3. The molecule has 0 saturated carbocycles. The zero-order valence-electron chi connectivity index (χ0n) is 12.0. The number of hydrogen-bond donors (Lipinski definition) is 0. The van der Waals surface area contributed by atoms with E-state index >= 15 is 0 Å². The van der Waals surface area contributed by atoms with Gasteiger partial charge in [-0.2, -0.15) is 4.99 Å². The van der Waals surface area contributed by atoms with Crippen LogP contribution in [0, 0.1) is 0 Å². The molecule has 0 atom stereocenters. The maximum Gasteiger partial charge on any atom is 0.248 e. The van der Waals surface area contributed by atoms with Crippen LogP contribution < -0.4 is 4.90 Å². The highest BCUT2D eigenvalue weighted by molar-refractivity contribution is 7.78. The number of isothiocyanates is 1. The molecule has 1 amide bonds. The molecule has 1 aliphatic rings. The van der Waals surface area contributed by atoms with Crippen molar-refractivity contribution in [1.82, 2.24) is 0 Å². The van der Waals surface area contributed by atoms with E-state index in [2.05, 4.69) is 27.4 Å². The third kappa shape index (κ3) is 2.60. The highest BCUT2D eigenvalue weighted by atomic mass is 32.1. The van der Waals surface area contributed by atoms with Gasteiger partial charge in [0, 0.05) is 18.2 Å². The summed E-state index contributed by atoms with van der Waals surface area (Å²) < 4.78 is 0. The Balaban J connectivity index is 2.24. The van der Waals surface area contributed by atoms with Gasteiger partial charge in [-0.25, -0.2) is 0 Å². The average molecular weight is 307 g/mol. The third-order valence-electron chi connectivity index (χ3n) is 3.57. The van der Waals surface area contributed by atoms with Crippen LogP contribution in [0.3, 0.4) is 0 Å². The molecule has 22 heavy (non-hydrogen) atoms. The van der Waals surface area contributed by atoms with Crippen molar-refractivity contribution in [3.8, 4) is 0 Å². The number of carbonyl (C=O) groups excluding carboxylic acids is 1. The minimum atomic E-state index is -0.0433. The molecule has 0 saturated heterocycles. The van der Waals surface area contributed by atoms with Crippen molar-refractivity contribution < 1.29 is 4.79 Å². The maximum atomic E-state index is 12.1. The third-order valence-corrected chi connectivity index (χ3v) is 3.66. The van der Waals surface area contributed by atoms with Crippen LogP contribution in [-0.4, -0.2) is 30.4 Å². The molecule has 2 aromatic carbocycles. The summed E-state index contributed by atoms with van der Waals surface area (Å²) in [6.45, 7) is 0.126. The normalized spacial score (nSPS) is 13.8. The van der Waals surface area contributed by atoms with Crippen molar-refractivity contribution in [2.75, 3.05) is 18.5 Å². The fourth-order valence-corrected chi connectivity index (χ4v) is 2.55. The molecule has 0 aliphatic carbocycles. The summed E-state index contributed by atoms with van der Waals surface area (Å²) in [6.07, 6.45) is 0. The number of hydrogen-bond acceptors (Lipinski definition) is 4. The minimum absolute atomic E-state index is 0.0433. The van der Waals surface area contributed by atoms with Gasteiger partial charge >= 0.3 is 0 Å². The molecular formula is C17H13N3OS. The first-order valence-corrected chi connectivity index (χ1v) is 7.20. The molecular weight excluding hydrogens is 294 g/mol. The van der Waals surface area contributed by atoms with Crippen molar-refractivity contribution in [1.29, 1.82) is 0 Å². The number of likely N-dealkylation sites (N-methyl/N-ethyl adjacent to an activating group) is 1. The number of rotatable bonds is 2. The summed E-state index contributed by atoms with van der Waals surface area (Å²) in [5.74, 6) is -0.0433. The number of benzodiazepines with no additional fused rings is 1. The molecule has 4 nitrogen and oxygen atoms in total. The van der Waals surface area contributed by atoms with Crippen LogP contribution in [0.2, 0.25) is 0 Å². The maximum absolute atomic E-state index is 12.1. The standard InChI is InChI=1S/C17H13N3OS/c1-20-15-8-7-13(19-11-22)9-14(15)17(18-10-16(20)21)12-5-3-2-4-6-12/h2-9H,10H2,1H3. The molecule has 108 valence electrons. The number of nitrogens with zero attached hydrogens (tertiary/aromatic N) is 3. The van der Waals surface area contributed by atoms with Gasteiger partial charge < -0.3 is 4.90 Å². The van der Waals surface area contributed by atoms with Crippen LogP contribution in [0.5, 0.6) is 0 Å². The zero-order chi connectivity index (χ0) is 15.5. The lowest BCUT2D eigenvalue weighted by molar-refractivity contribution is -0.116. The van der Waals surface area contributed by atoms with Crippen LogP contribution in [-0.2, 0) is 4.79 Å². The topological polar surface area (TPSA) is 45.0 Å². The Morgan fingerprint density at radius 3 is 2.73 bits per heavy atom. The first-order chi connectivity index (χ1) is 10.7. The minimum Gasteiger partial charge on any atom is -0.313 e. The number of anilines is 1. The van der Waals surface area contributed by atoms with Gasteiger partial charge in [0.1, 0.15) is 6.54 Å². The summed E-state index contributed by atoms with van der Waals surface area (Å²) in [4.78, 5) is 22.3. The highest BCUT2D eigenvalue weighted by Gasteiger charge is 2.22. The van der Waals surface area contributed by atoms with Crippen LogP contribution in [0.1, 0.15) is 11.1 Å². The fourth-order valence-electron chi connectivity index (χ4n) is 2.44. The number of carbonyl (C=O) groups is 1. The van der Waals surface area contributed by atoms with Gasteiger partial charge in [0.2, 0.25) is 5.91 Å². The van der Waals surface area contributed by atoms with Gasteiger partial charge in [-0.1, -0.05) is 30.3 Å². The van der Waals surface area contributed by atoms with E-state index in [4.69, 9.17) is 0 Å². The Labute approximate surface area is 133 Å². The van der Waals surface area contributed by atoms with Gasteiger partial charge in [-0.3, -0.25) is 9.79 Å². The van der Waals surface area contributed by atoms with Gasteiger partial charge in [0.05, 0.1) is 22.2 Å². The van der Waals surface area contributed by atoms with Crippen molar-refractivity contribution in [3.63, 3.8) is 0 Å². The lowest BCUT2D eigenvalue weighted by Crippen LogP contribution is -2.27. The van der Waals surface area contributed by atoms with E-state index in [1.54, 1.807) is 11.9 Å². The number of thiocarbonyl (C=S) groups is 1. The molecule has 0 unspecified atom stereocenters. The number of benzene rings is 2. The van der Waals surface area contributed by atoms with E-state index in [1.165, 1.54) is 0 Å². The van der Waals surface area contributed by atoms with Gasteiger partial charge in [0.25, 0.3) is 0 Å². The van der Waals surface area contributed by atoms with Crippen LogP contribution in [0.15, 0.2) is 58.5 Å². The molecule has 0 N–H and O–H groups in total.